The number of carboxylic acids is 1. The molecule has 0 fully saturated rings. The number of nitrogens with zero attached hydrogens (tertiary/aromatic N) is 3. The fourth-order valence-corrected chi connectivity index (χ4v) is 3.90. The molecule has 0 saturated carbocycles. The fourth-order valence-electron chi connectivity index (χ4n) is 3.90. The van der Waals surface area contributed by atoms with Gasteiger partial charge >= 0.3 is 5.97 Å². The van der Waals surface area contributed by atoms with Gasteiger partial charge in [0.25, 0.3) is 5.56 Å². The Morgan fingerprint density at radius 2 is 1.84 bits per heavy atom. The monoisotopic (exact) mass is 410 g/mol. The zero-order valence-electron chi connectivity index (χ0n) is 16.4. The van der Waals surface area contributed by atoms with Crippen LogP contribution >= 0.6 is 0 Å². The lowest BCUT2D eigenvalue weighted by atomic mass is 10.0. The maximum absolute atomic E-state index is 13.6. The highest BCUT2D eigenvalue weighted by Crippen LogP contribution is 2.24. The van der Waals surface area contributed by atoms with Crippen molar-refractivity contribution in [3.05, 3.63) is 100 Å². The molecule has 31 heavy (non-hydrogen) atoms. The van der Waals surface area contributed by atoms with Gasteiger partial charge in [-0.1, -0.05) is 30.3 Å². The number of aryl methyl sites for hydroxylation is 2. The Morgan fingerprint density at radius 3 is 2.65 bits per heavy atom. The lowest BCUT2D eigenvalue weighted by Crippen LogP contribution is -2.20. The molecular weight excluding hydrogens is 392 g/mol. The third kappa shape index (κ3) is 3.26. The number of fused-ring (bicyclic) bond motifs is 3. The summed E-state index contributed by atoms with van der Waals surface area (Å²) < 4.78 is 1.61. The van der Waals surface area contributed by atoms with E-state index in [-0.39, 0.29) is 11.1 Å². The molecule has 7 nitrogen and oxygen atoms in total. The molecule has 2 N–H and O–H groups in total. The molecule has 0 bridgehead atoms. The number of benzene rings is 2. The third-order valence-corrected chi connectivity index (χ3v) is 5.36. The van der Waals surface area contributed by atoms with E-state index in [1.807, 2.05) is 48.5 Å². The minimum Gasteiger partial charge on any atom is -0.478 e. The van der Waals surface area contributed by atoms with Crippen molar-refractivity contribution in [1.29, 1.82) is 0 Å². The molecule has 0 aliphatic heterocycles. The van der Waals surface area contributed by atoms with E-state index >= 15 is 0 Å². The number of carbonyl (C=O) groups is 1. The molecule has 0 aliphatic carbocycles. The highest BCUT2D eigenvalue weighted by atomic mass is 16.4. The Morgan fingerprint density at radius 1 is 1.00 bits per heavy atom. The Kier molecular flexibility index (Phi) is 4.55. The van der Waals surface area contributed by atoms with Crippen molar-refractivity contribution < 1.29 is 9.90 Å². The molecule has 3 aromatic heterocycles. The second kappa shape index (κ2) is 7.53. The second-order valence-electron chi connectivity index (χ2n) is 7.28. The molecule has 0 saturated heterocycles. The SMILES string of the molecule is O=C(O)c1cccc(CCc2n[nH]c3c2c(=O)n(-c2ccccc2)c2ncccc32)c1. The Balaban J connectivity index is 1.64. The van der Waals surface area contributed by atoms with Crippen LogP contribution in [0.4, 0.5) is 0 Å². The van der Waals surface area contributed by atoms with Crippen molar-refractivity contribution >= 4 is 27.9 Å². The minimum absolute atomic E-state index is 0.185. The van der Waals surface area contributed by atoms with Crippen LogP contribution in [0.25, 0.3) is 27.6 Å². The van der Waals surface area contributed by atoms with Gasteiger partial charge in [0, 0.05) is 11.6 Å². The van der Waals surface area contributed by atoms with Crippen molar-refractivity contribution in [3.8, 4) is 5.69 Å². The van der Waals surface area contributed by atoms with Gasteiger partial charge in [-0.3, -0.25) is 14.5 Å². The van der Waals surface area contributed by atoms with Gasteiger partial charge in [-0.25, -0.2) is 9.78 Å². The van der Waals surface area contributed by atoms with Gasteiger partial charge < -0.3 is 5.11 Å². The maximum atomic E-state index is 13.6. The molecule has 0 unspecified atom stereocenters. The summed E-state index contributed by atoms with van der Waals surface area (Å²) in [6, 6.07) is 20.0. The number of pyridine rings is 2. The smallest absolute Gasteiger partial charge is 0.335 e. The number of aromatic carboxylic acids is 1. The van der Waals surface area contributed by atoms with Crippen molar-refractivity contribution in [1.82, 2.24) is 19.7 Å². The summed E-state index contributed by atoms with van der Waals surface area (Å²) in [5.41, 5.74) is 3.55. The van der Waals surface area contributed by atoms with E-state index in [9.17, 15) is 14.7 Å². The van der Waals surface area contributed by atoms with E-state index in [2.05, 4.69) is 15.2 Å². The van der Waals surface area contributed by atoms with Gasteiger partial charge in [0.15, 0.2) is 0 Å². The fraction of sp³-hybridized carbons (Fsp3) is 0.0833. The van der Waals surface area contributed by atoms with Crippen LogP contribution in [-0.4, -0.2) is 30.8 Å². The topological polar surface area (TPSA) is 101 Å². The summed E-state index contributed by atoms with van der Waals surface area (Å²) in [6.45, 7) is 0. The Bertz CT molecular complexity index is 1490. The summed E-state index contributed by atoms with van der Waals surface area (Å²) in [5.74, 6) is -0.961. The van der Waals surface area contributed by atoms with E-state index in [1.165, 1.54) is 0 Å². The van der Waals surface area contributed by atoms with Crippen LogP contribution in [0.1, 0.15) is 21.6 Å². The van der Waals surface area contributed by atoms with E-state index in [4.69, 9.17) is 0 Å². The number of aromatic amines is 1. The maximum Gasteiger partial charge on any atom is 0.335 e. The van der Waals surface area contributed by atoms with Crippen LogP contribution in [0.2, 0.25) is 0 Å². The van der Waals surface area contributed by atoms with Gasteiger partial charge in [0.2, 0.25) is 0 Å². The first kappa shape index (κ1) is 18.7. The highest BCUT2D eigenvalue weighted by Gasteiger charge is 2.18. The first-order chi connectivity index (χ1) is 15.1. The first-order valence-corrected chi connectivity index (χ1v) is 9.88. The lowest BCUT2D eigenvalue weighted by molar-refractivity contribution is 0.0696. The third-order valence-electron chi connectivity index (χ3n) is 5.36. The van der Waals surface area contributed by atoms with E-state index in [0.717, 1.165) is 16.6 Å². The Hall–Kier alpha value is -4.26. The number of carboxylic acid groups (broad SMARTS) is 1. The molecule has 0 amide bonds. The lowest BCUT2D eigenvalue weighted by Gasteiger charge is -2.10. The predicted octanol–water partition coefficient (Wildman–Crippen LogP) is 3.75. The quantitative estimate of drug-likeness (QED) is 0.460. The van der Waals surface area contributed by atoms with Crippen molar-refractivity contribution in [2.45, 2.75) is 12.8 Å². The summed E-state index contributed by atoms with van der Waals surface area (Å²) in [5, 5.41) is 18.0. The van der Waals surface area contributed by atoms with Crippen molar-refractivity contribution in [2.75, 3.05) is 0 Å². The first-order valence-electron chi connectivity index (χ1n) is 9.88. The van der Waals surface area contributed by atoms with Crippen LogP contribution < -0.4 is 5.56 Å². The zero-order valence-corrected chi connectivity index (χ0v) is 16.4. The number of para-hydroxylation sites is 1. The van der Waals surface area contributed by atoms with E-state index < -0.39 is 5.97 Å². The van der Waals surface area contributed by atoms with Crippen molar-refractivity contribution in [2.24, 2.45) is 0 Å². The summed E-state index contributed by atoms with van der Waals surface area (Å²) >= 11 is 0. The largest absolute Gasteiger partial charge is 0.478 e. The molecule has 5 rings (SSSR count). The van der Waals surface area contributed by atoms with Gasteiger partial charge in [0.1, 0.15) is 5.65 Å². The van der Waals surface area contributed by atoms with Gasteiger partial charge in [0.05, 0.1) is 27.8 Å². The number of hydrogen-bond donors (Lipinski definition) is 2. The summed E-state index contributed by atoms with van der Waals surface area (Å²) in [6.07, 6.45) is 2.73. The van der Waals surface area contributed by atoms with E-state index in [1.54, 1.807) is 29.0 Å². The number of H-pyrrole nitrogens is 1. The molecule has 0 aliphatic rings. The normalized spacial score (nSPS) is 11.2. The molecule has 3 heterocycles. The number of aromatic nitrogens is 4. The van der Waals surface area contributed by atoms with Gasteiger partial charge in [-0.2, -0.15) is 5.10 Å². The Labute approximate surface area is 176 Å². The average Bonchev–Trinajstić information content (AvgIpc) is 3.23. The molecule has 152 valence electrons. The zero-order chi connectivity index (χ0) is 21.4. The minimum atomic E-state index is -0.961. The van der Waals surface area contributed by atoms with Crippen LogP contribution in [0.3, 0.4) is 0 Å². The molecule has 0 atom stereocenters. The number of hydrogen-bond acceptors (Lipinski definition) is 4. The molecular formula is C24H18N4O3. The molecule has 5 aromatic rings. The molecule has 0 spiro atoms. The van der Waals surface area contributed by atoms with Crippen molar-refractivity contribution in [3.63, 3.8) is 0 Å². The molecule has 7 heteroatoms. The van der Waals surface area contributed by atoms with Crippen LogP contribution in [0, 0.1) is 0 Å². The van der Waals surface area contributed by atoms with Crippen LogP contribution in [0.5, 0.6) is 0 Å². The predicted molar refractivity (Wildman–Crippen MR) is 118 cm³/mol. The molecule has 2 aromatic carbocycles. The highest BCUT2D eigenvalue weighted by molar-refractivity contribution is 6.03. The van der Waals surface area contributed by atoms with Gasteiger partial charge in [-0.05, 0) is 54.8 Å². The van der Waals surface area contributed by atoms with Crippen LogP contribution in [0.15, 0.2) is 77.7 Å². The second-order valence-corrected chi connectivity index (χ2v) is 7.28. The summed E-state index contributed by atoms with van der Waals surface area (Å²) in [4.78, 5) is 29.3. The number of rotatable bonds is 5. The average molecular weight is 410 g/mol. The number of nitrogens with one attached hydrogen (secondary N) is 1. The summed E-state index contributed by atoms with van der Waals surface area (Å²) in [7, 11) is 0. The van der Waals surface area contributed by atoms with E-state index in [0.29, 0.717) is 35.1 Å². The molecule has 0 radical (unpaired) electrons. The van der Waals surface area contributed by atoms with Crippen LogP contribution in [-0.2, 0) is 12.8 Å². The van der Waals surface area contributed by atoms with Gasteiger partial charge in [-0.15, -0.1) is 0 Å². The standard InChI is InChI=1S/C24H18N4O3/c29-23-20-19(12-11-15-6-4-7-16(14-15)24(30)31)26-27-21(20)18-10-5-13-25-22(18)28(23)17-8-2-1-3-9-17/h1-10,13-14H,11-12H2,(H,26,27)(H,30,31).